The maximum Gasteiger partial charge on any atom is 0.242 e. The lowest BCUT2D eigenvalue weighted by molar-refractivity contribution is -0.140. The molecule has 1 aliphatic rings. The molecule has 16 heavy (non-hydrogen) atoms. The molecule has 1 aromatic rings. The van der Waals surface area contributed by atoms with Crippen LogP contribution in [-0.2, 0) is 11.3 Å². The number of aromatic nitrogens is 2. The van der Waals surface area contributed by atoms with Crippen molar-refractivity contribution in [1.82, 2.24) is 20.2 Å². The van der Waals surface area contributed by atoms with Crippen LogP contribution < -0.4 is 5.32 Å². The third-order valence-corrected chi connectivity index (χ3v) is 2.72. The van der Waals surface area contributed by atoms with Crippen molar-refractivity contribution in [1.29, 1.82) is 0 Å². The van der Waals surface area contributed by atoms with Gasteiger partial charge in [-0.2, -0.15) is 0 Å². The van der Waals surface area contributed by atoms with E-state index in [1.165, 1.54) is 0 Å². The normalized spacial score (nSPS) is 19.9. The Morgan fingerprint density at radius 3 is 2.81 bits per heavy atom. The number of carbonyl (C=O) groups is 1. The largest absolute Gasteiger partial charge is 0.332 e. The molecule has 0 aromatic carbocycles. The van der Waals surface area contributed by atoms with Crippen LogP contribution in [0.5, 0.6) is 0 Å². The van der Waals surface area contributed by atoms with Crippen molar-refractivity contribution in [3.8, 4) is 0 Å². The van der Waals surface area contributed by atoms with Gasteiger partial charge in [-0.15, -0.1) is 0 Å². The van der Waals surface area contributed by atoms with E-state index in [1.807, 2.05) is 13.8 Å². The summed E-state index contributed by atoms with van der Waals surface area (Å²) in [7, 11) is 0. The molecule has 1 N–H and O–H groups in total. The maximum atomic E-state index is 12.1. The molecule has 1 saturated heterocycles. The Bertz CT molecular complexity index is 377. The first kappa shape index (κ1) is 11.0. The van der Waals surface area contributed by atoms with Crippen LogP contribution in [0.1, 0.15) is 19.7 Å². The SMILES string of the molecule is CC1(C)NCCN(Cc2ncccn2)C1=O. The molecule has 0 unspecified atom stereocenters. The number of nitrogens with zero attached hydrogens (tertiary/aromatic N) is 3. The van der Waals surface area contributed by atoms with Crippen molar-refractivity contribution < 1.29 is 4.79 Å². The molecule has 1 aromatic heterocycles. The zero-order valence-electron chi connectivity index (χ0n) is 9.60. The Kier molecular flexibility index (Phi) is 2.87. The number of carbonyl (C=O) groups excluding carboxylic acids is 1. The van der Waals surface area contributed by atoms with E-state index < -0.39 is 5.54 Å². The van der Waals surface area contributed by atoms with Gasteiger partial charge in [-0.25, -0.2) is 9.97 Å². The van der Waals surface area contributed by atoms with Gasteiger partial charge >= 0.3 is 0 Å². The molecule has 86 valence electrons. The number of hydrogen-bond acceptors (Lipinski definition) is 4. The van der Waals surface area contributed by atoms with Gasteiger partial charge in [0.1, 0.15) is 5.82 Å². The van der Waals surface area contributed by atoms with Crippen LogP contribution >= 0.6 is 0 Å². The van der Waals surface area contributed by atoms with Crippen molar-refractivity contribution in [3.63, 3.8) is 0 Å². The number of amides is 1. The van der Waals surface area contributed by atoms with E-state index in [4.69, 9.17) is 0 Å². The Labute approximate surface area is 94.9 Å². The van der Waals surface area contributed by atoms with Crippen molar-refractivity contribution in [2.75, 3.05) is 13.1 Å². The Balaban J connectivity index is 2.08. The molecule has 0 atom stereocenters. The summed E-state index contributed by atoms with van der Waals surface area (Å²) in [6, 6.07) is 1.77. The smallest absolute Gasteiger partial charge is 0.242 e. The van der Waals surface area contributed by atoms with E-state index in [0.29, 0.717) is 18.9 Å². The highest BCUT2D eigenvalue weighted by atomic mass is 16.2. The van der Waals surface area contributed by atoms with Gasteiger partial charge in [0.2, 0.25) is 5.91 Å². The fourth-order valence-electron chi connectivity index (χ4n) is 1.81. The lowest BCUT2D eigenvalue weighted by Crippen LogP contribution is -2.60. The highest BCUT2D eigenvalue weighted by Gasteiger charge is 2.35. The maximum absolute atomic E-state index is 12.1. The predicted octanol–water partition coefficient (Wildman–Crippen LogP) is 0.187. The van der Waals surface area contributed by atoms with E-state index >= 15 is 0 Å². The average Bonchev–Trinajstić information content (AvgIpc) is 2.26. The van der Waals surface area contributed by atoms with Crippen molar-refractivity contribution in [2.24, 2.45) is 0 Å². The first-order valence-corrected chi connectivity index (χ1v) is 5.40. The van der Waals surface area contributed by atoms with Gasteiger partial charge in [-0.05, 0) is 19.9 Å². The predicted molar refractivity (Wildman–Crippen MR) is 59.5 cm³/mol. The van der Waals surface area contributed by atoms with E-state index in [0.717, 1.165) is 6.54 Å². The number of nitrogens with one attached hydrogen (secondary N) is 1. The fourth-order valence-corrected chi connectivity index (χ4v) is 1.81. The van der Waals surface area contributed by atoms with Gasteiger partial charge in [0.15, 0.2) is 0 Å². The Morgan fingerprint density at radius 2 is 2.12 bits per heavy atom. The molecule has 2 rings (SSSR count). The molecule has 0 saturated carbocycles. The van der Waals surface area contributed by atoms with Crippen LogP contribution in [0, 0.1) is 0 Å². The van der Waals surface area contributed by atoms with E-state index in [9.17, 15) is 4.79 Å². The van der Waals surface area contributed by atoms with Gasteiger partial charge in [-0.1, -0.05) is 0 Å². The van der Waals surface area contributed by atoms with Gasteiger partial charge in [0.25, 0.3) is 0 Å². The molecular weight excluding hydrogens is 204 g/mol. The standard InChI is InChI=1S/C11H16N4O/c1-11(2)10(16)15(7-6-14-11)8-9-12-4-3-5-13-9/h3-5,14H,6-8H2,1-2H3. The highest BCUT2D eigenvalue weighted by molar-refractivity contribution is 5.86. The topological polar surface area (TPSA) is 58.1 Å². The summed E-state index contributed by atoms with van der Waals surface area (Å²) in [5.74, 6) is 0.791. The molecular formula is C11H16N4O. The molecule has 5 heteroatoms. The summed E-state index contributed by atoms with van der Waals surface area (Å²) < 4.78 is 0. The molecule has 0 bridgehead atoms. The van der Waals surface area contributed by atoms with Crippen LogP contribution in [0.15, 0.2) is 18.5 Å². The lowest BCUT2D eigenvalue weighted by Gasteiger charge is -2.37. The van der Waals surface area contributed by atoms with Gasteiger partial charge in [0.05, 0.1) is 12.1 Å². The van der Waals surface area contributed by atoms with Crippen molar-refractivity contribution in [2.45, 2.75) is 25.9 Å². The van der Waals surface area contributed by atoms with Crippen LogP contribution in [0.2, 0.25) is 0 Å². The molecule has 0 radical (unpaired) electrons. The molecule has 5 nitrogen and oxygen atoms in total. The van der Waals surface area contributed by atoms with Crippen LogP contribution in [-0.4, -0.2) is 39.4 Å². The third-order valence-electron chi connectivity index (χ3n) is 2.72. The minimum Gasteiger partial charge on any atom is -0.332 e. The zero-order valence-corrected chi connectivity index (χ0v) is 9.60. The lowest BCUT2D eigenvalue weighted by atomic mass is 10.0. The zero-order chi connectivity index (χ0) is 11.6. The van der Waals surface area contributed by atoms with Gasteiger partial charge < -0.3 is 10.2 Å². The fraction of sp³-hybridized carbons (Fsp3) is 0.545. The first-order chi connectivity index (χ1) is 7.59. The summed E-state index contributed by atoms with van der Waals surface area (Å²) in [4.78, 5) is 22.1. The van der Waals surface area contributed by atoms with Crippen molar-refractivity contribution in [3.05, 3.63) is 24.3 Å². The second-order valence-corrected chi connectivity index (χ2v) is 4.44. The first-order valence-electron chi connectivity index (χ1n) is 5.40. The average molecular weight is 220 g/mol. The van der Waals surface area contributed by atoms with Crippen molar-refractivity contribution >= 4 is 5.91 Å². The minimum atomic E-state index is -0.479. The van der Waals surface area contributed by atoms with Crippen LogP contribution in [0.3, 0.4) is 0 Å². The quantitative estimate of drug-likeness (QED) is 0.773. The second kappa shape index (κ2) is 4.17. The molecule has 2 heterocycles. The van der Waals surface area contributed by atoms with Gasteiger partial charge in [0, 0.05) is 25.5 Å². The van der Waals surface area contributed by atoms with E-state index in [2.05, 4.69) is 15.3 Å². The highest BCUT2D eigenvalue weighted by Crippen LogP contribution is 2.13. The second-order valence-electron chi connectivity index (χ2n) is 4.44. The van der Waals surface area contributed by atoms with E-state index in [1.54, 1.807) is 23.4 Å². The van der Waals surface area contributed by atoms with Crippen LogP contribution in [0.25, 0.3) is 0 Å². The summed E-state index contributed by atoms with van der Waals surface area (Å²) in [6.45, 7) is 5.80. The third kappa shape index (κ3) is 2.19. The molecule has 1 amide bonds. The molecule has 0 aliphatic carbocycles. The monoisotopic (exact) mass is 220 g/mol. The Hall–Kier alpha value is -1.49. The minimum absolute atomic E-state index is 0.103. The Morgan fingerprint density at radius 1 is 1.44 bits per heavy atom. The number of hydrogen-bond donors (Lipinski definition) is 1. The summed E-state index contributed by atoms with van der Waals surface area (Å²) >= 11 is 0. The molecule has 1 fully saturated rings. The summed E-state index contributed by atoms with van der Waals surface area (Å²) in [5, 5.41) is 3.19. The number of rotatable bonds is 2. The van der Waals surface area contributed by atoms with Crippen LogP contribution in [0.4, 0.5) is 0 Å². The molecule has 0 spiro atoms. The summed E-state index contributed by atoms with van der Waals surface area (Å²) in [5.41, 5.74) is -0.479. The summed E-state index contributed by atoms with van der Waals surface area (Å²) in [6.07, 6.45) is 3.39. The molecule has 1 aliphatic heterocycles. The van der Waals surface area contributed by atoms with Gasteiger partial charge in [-0.3, -0.25) is 4.79 Å². The van der Waals surface area contributed by atoms with E-state index in [-0.39, 0.29) is 5.91 Å². The number of piperazine rings is 1.